The van der Waals surface area contributed by atoms with E-state index in [9.17, 15) is 14.4 Å². The van der Waals surface area contributed by atoms with Gasteiger partial charge < -0.3 is 10.4 Å². The lowest BCUT2D eigenvalue weighted by Crippen LogP contribution is -2.39. The predicted octanol–water partition coefficient (Wildman–Crippen LogP) is 2.28. The van der Waals surface area contributed by atoms with Crippen LogP contribution in [0.15, 0.2) is 28.7 Å². The van der Waals surface area contributed by atoms with E-state index in [1.165, 1.54) is 0 Å². The Labute approximate surface area is 131 Å². The number of carboxylic acid groups (broad SMARTS) is 1. The third-order valence-corrected chi connectivity index (χ3v) is 3.15. The average molecular weight is 357 g/mol. The standard InChI is InChI=1S/C14H17BrN2O4/c1-9(6-13(19)20)5-12(18)17-14(21)16-8-10-3-2-4-11(15)7-10/h2-4,7,9H,5-6,8H2,1H3,(H,19,20)(H2,16,17,18,21). The van der Waals surface area contributed by atoms with Gasteiger partial charge in [0.1, 0.15) is 0 Å². The number of nitrogens with one attached hydrogen (secondary N) is 2. The maximum Gasteiger partial charge on any atom is 0.321 e. The van der Waals surface area contributed by atoms with E-state index in [0.717, 1.165) is 10.0 Å². The number of imide groups is 1. The molecule has 0 radical (unpaired) electrons. The predicted molar refractivity (Wildman–Crippen MR) is 80.6 cm³/mol. The molecule has 0 fully saturated rings. The molecule has 1 unspecified atom stereocenters. The molecule has 0 aliphatic heterocycles. The fourth-order valence-corrected chi connectivity index (χ4v) is 2.18. The molecule has 21 heavy (non-hydrogen) atoms. The Morgan fingerprint density at radius 2 is 2.00 bits per heavy atom. The van der Waals surface area contributed by atoms with Crippen molar-refractivity contribution in [2.75, 3.05) is 0 Å². The monoisotopic (exact) mass is 356 g/mol. The van der Waals surface area contributed by atoms with Gasteiger partial charge in [-0.25, -0.2) is 4.79 Å². The first kappa shape index (κ1) is 17.2. The van der Waals surface area contributed by atoms with Gasteiger partial charge in [-0.05, 0) is 23.6 Å². The molecule has 0 spiro atoms. The highest BCUT2D eigenvalue weighted by Crippen LogP contribution is 2.11. The number of halogens is 1. The molecular weight excluding hydrogens is 340 g/mol. The van der Waals surface area contributed by atoms with Gasteiger partial charge in [0.05, 0.1) is 0 Å². The highest BCUT2D eigenvalue weighted by molar-refractivity contribution is 9.10. The largest absolute Gasteiger partial charge is 0.481 e. The van der Waals surface area contributed by atoms with Crippen LogP contribution in [0.2, 0.25) is 0 Å². The van der Waals surface area contributed by atoms with Crippen molar-refractivity contribution >= 4 is 33.8 Å². The Bertz CT molecular complexity index is 533. The summed E-state index contributed by atoms with van der Waals surface area (Å²) < 4.78 is 0.903. The summed E-state index contributed by atoms with van der Waals surface area (Å²) in [5, 5.41) is 13.3. The summed E-state index contributed by atoms with van der Waals surface area (Å²) >= 11 is 3.33. The van der Waals surface area contributed by atoms with Crippen LogP contribution in [0.5, 0.6) is 0 Å². The van der Waals surface area contributed by atoms with E-state index < -0.39 is 17.9 Å². The molecule has 1 aromatic carbocycles. The third kappa shape index (κ3) is 7.45. The zero-order valence-corrected chi connectivity index (χ0v) is 13.1. The number of rotatable bonds is 6. The van der Waals surface area contributed by atoms with Gasteiger partial charge in [0, 0.05) is 23.9 Å². The van der Waals surface area contributed by atoms with E-state index >= 15 is 0 Å². The van der Waals surface area contributed by atoms with Crippen LogP contribution in [0.25, 0.3) is 0 Å². The number of carbonyl (C=O) groups is 3. The fraction of sp³-hybridized carbons (Fsp3) is 0.357. The molecule has 0 saturated heterocycles. The first-order chi connectivity index (χ1) is 9.86. The molecule has 0 aliphatic rings. The SMILES string of the molecule is CC(CC(=O)O)CC(=O)NC(=O)NCc1cccc(Br)c1. The minimum Gasteiger partial charge on any atom is -0.481 e. The van der Waals surface area contributed by atoms with Gasteiger partial charge in [0.15, 0.2) is 0 Å². The molecule has 1 atom stereocenters. The van der Waals surface area contributed by atoms with Crippen LogP contribution in [0, 0.1) is 5.92 Å². The minimum absolute atomic E-state index is 0.00337. The minimum atomic E-state index is -0.964. The van der Waals surface area contributed by atoms with E-state index in [1.54, 1.807) is 6.92 Å². The van der Waals surface area contributed by atoms with Crippen molar-refractivity contribution in [2.45, 2.75) is 26.3 Å². The van der Waals surface area contributed by atoms with Crippen molar-refractivity contribution in [3.8, 4) is 0 Å². The molecular formula is C14H17BrN2O4. The number of hydrogen-bond acceptors (Lipinski definition) is 3. The Morgan fingerprint density at radius 1 is 1.29 bits per heavy atom. The van der Waals surface area contributed by atoms with Gasteiger partial charge in [-0.2, -0.15) is 0 Å². The third-order valence-electron chi connectivity index (χ3n) is 2.65. The van der Waals surface area contributed by atoms with Crippen LogP contribution in [0.4, 0.5) is 4.79 Å². The Hall–Kier alpha value is -1.89. The summed E-state index contributed by atoms with van der Waals surface area (Å²) in [4.78, 5) is 33.6. The molecule has 3 N–H and O–H groups in total. The van der Waals surface area contributed by atoms with Crippen LogP contribution in [0.3, 0.4) is 0 Å². The lowest BCUT2D eigenvalue weighted by atomic mass is 10.0. The smallest absolute Gasteiger partial charge is 0.321 e. The summed E-state index contributed by atoms with van der Waals surface area (Å²) in [6, 6.07) is 6.83. The Kier molecular flexibility index (Phi) is 6.87. The normalized spacial score (nSPS) is 11.5. The van der Waals surface area contributed by atoms with Gasteiger partial charge >= 0.3 is 12.0 Å². The lowest BCUT2D eigenvalue weighted by molar-refractivity contribution is -0.138. The first-order valence-corrected chi connectivity index (χ1v) is 7.20. The molecule has 1 rings (SSSR count). The van der Waals surface area contributed by atoms with Crippen LogP contribution in [0.1, 0.15) is 25.3 Å². The van der Waals surface area contributed by atoms with Crippen molar-refractivity contribution in [3.63, 3.8) is 0 Å². The zero-order valence-electron chi connectivity index (χ0n) is 11.6. The van der Waals surface area contributed by atoms with Gasteiger partial charge in [-0.1, -0.05) is 35.0 Å². The van der Waals surface area contributed by atoms with Gasteiger partial charge in [0.2, 0.25) is 5.91 Å². The van der Waals surface area contributed by atoms with Gasteiger partial charge in [-0.15, -0.1) is 0 Å². The summed E-state index contributed by atoms with van der Waals surface area (Å²) in [6.45, 7) is 1.94. The number of amides is 3. The second-order valence-electron chi connectivity index (χ2n) is 4.77. The highest BCUT2D eigenvalue weighted by Gasteiger charge is 2.14. The number of urea groups is 1. The molecule has 6 nitrogen and oxygen atoms in total. The molecule has 0 aliphatic carbocycles. The number of carboxylic acids is 1. The van der Waals surface area contributed by atoms with E-state index in [2.05, 4.69) is 26.6 Å². The van der Waals surface area contributed by atoms with Crippen molar-refractivity contribution < 1.29 is 19.5 Å². The second kappa shape index (κ2) is 8.41. The lowest BCUT2D eigenvalue weighted by Gasteiger charge is -2.10. The number of aliphatic carboxylic acids is 1. The topological polar surface area (TPSA) is 95.5 Å². The Morgan fingerprint density at radius 3 is 2.62 bits per heavy atom. The maximum atomic E-state index is 11.5. The highest BCUT2D eigenvalue weighted by atomic mass is 79.9. The quantitative estimate of drug-likeness (QED) is 0.728. The number of carbonyl (C=O) groups excluding carboxylic acids is 2. The van der Waals surface area contributed by atoms with E-state index in [0.29, 0.717) is 6.54 Å². The molecule has 0 aromatic heterocycles. The van der Waals surface area contributed by atoms with Gasteiger partial charge in [-0.3, -0.25) is 14.9 Å². The van der Waals surface area contributed by atoms with Crippen LogP contribution in [-0.4, -0.2) is 23.0 Å². The van der Waals surface area contributed by atoms with Crippen LogP contribution in [-0.2, 0) is 16.1 Å². The molecule has 0 bridgehead atoms. The maximum absolute atomic E-state index is 11.5. The molecule has 0 heterocycles. The summed E-state index contributed by atoms with van der Waals surface area (Å²) in [6.07, 6.45) is -0.107. The van der Waals surface area contributed by atoms with E-state index in [4.69, 9.17) is 5.11 Å². The molecule has 114 valence electrons. The second-order valence-corrected chi connectivity index (χ2v) is 5.68. The van der Waals surface area contributed by atoms with Crippen LogP contribution >= 0.6 is 15.9 Å². The fourth-order valence-electron chi connectivity index (χ4n) is 1.74. The molecule has 7 heteroatoms. The van der Waals surface area contributed by atoms with Gasteiger partial charge in [0.25, 0.3) is 0 Å². The number of hydrogen-bond donors (Lipinski definition) is 3. The summed E-state index contributed by atoms with van der Waals surface area (Å²) in [5.74, 6) is -1.77. The van der Waals surface area contributed by atoms with Crippen molar-refractivity contribution in [1.82, 2.24) is 10.6 Å². The molecule has 0 saturated carbocycles. The molecule has 1 aromatic rings. The summed E-state index contributed by atoms with van der Waals surface area (Å²) in [5.41, 5.74) is 0.895. The van der Waals surface area contributed by atoms with E-state index in [1.807, 2.05) is 24.3 Å². The zero-order chi connectivity index (χ0) is 15.8. The average Bonchev–Trinajstić information content (AvgIpc) is 2.35. The van der Waals surface area contributed by atoms with Crippen molar-refractivity contribution in [3.05, 3.63) is 34.3 Å². The van der Waals surface area contributed by atoms with Crippen molar-refractivity contribution in [1.29, 1.82) is 0 Å². The molecule has 3 amide bonds. The van der Waals surface area contributed by atoms with E-state index in [-0.39, 0.29) is 18.8 Å². The number of benzene rings is 1. The Balaban J connectivity index is 2.33. The first-order valence-electron chi connectivity index (χ1n) is 6.40. The van der Waals surface area contributed by atoms with Crippen LogP contribution < -0.4 is 10.6 Å². The summed E-state index contributed by atoms with van der Waals surface area (Å²) in [7, 11) is 0. The van der Waals surface area contributed by atoms with Crippen molar-refractivity contribution in [2.24, 2.45) is 5.92 Å².